The number of aryl methyl sites for hydroxylation is 2. The molecule has 1 amide bonds. The van der Waals surface area contributed by atoms with E-state index in [-0.39, 0.29) is 24.4 Å². The van der Waals surface area contributed by atoms with Gasteiger partial charge >= 0.3 is 5.97 Å². The van der Waals surface area contributed by atoms with Gasteiger partial charge in [0.05, 0.1) is 18.0 Å². The molecule has 0 atom stereocenters. The van der Waals surface area contributed by atoms with Crippen molar-refractivity contribution < 1.29 is 24.0 Å². The third kappa shape index (κ3) is 5.80. The Morgan fingerprint density at radius 1 is 1.14 bits per heavy atom. The molecule has 1 N–H and O–H groups in total. The minimum Gasteiger partial charge on any atom is -0.493 e. The molecule has 0 fully saturated rings. The van der Waals surface area contributed by atoms with E-state index in [1.54, 1.807) is 26.0 Å². The average Bonchev–Trinajstić information content (AvgIpc) is 2.64. The fourth-order valence-electron chi connectivity index (χ4n) is 2.46. The first-order valence-corrected chi connectivity index (χ1v) is 8.67. The van der Waals surface area contributed by atoms with Gasteiger partial charge in [0.2, 0.25) is 0 Å². The van der Waals surface area contributed by atoms with Crippen LogP contribution in [-0.4, -0.2) is 30.0 Å². The Labute approximate surface area is 162 Å². The van der Waals surface area contributed by atoms with Crippen molar-refractivity contribution in [3.63, 3.8) is 0 Å². The van der Waals surface area contributed by atoms with Crippen LogP contribution < -0.4 is 10.1 Å². The molecule has 8 heteroatoms. The van der Waals surface area contributed by atoms with E-state index in [0.29, 0.717) is 11.3 Å². The number of nitro benzene ring substituents is 1. The molecule has 0 aromatic heterocycles. The van der Waals surface area contributed by atoms with Crippen molar-refractivity contribution in [1.29, 1.82) is 0 Å². The molecule has 2 aromatic carbocycles. The number of ether oxygens (including phenoxy) is 2. The van der Waals surface area contributed by atoms with E-state index in [2.05, 4.69) is 5.32 Å². The smallest absolute Gasteiger partial charge is 0.309 e. The lowest BCUT2D eigenvalue weighted by molar-refractivity contribution is -0.384. The lowest BCUT2D eigenvalue weighted by atomic mass is 10.1. The summed E-state index contributed by atoms with van der Waals surface area (Å²) in [5, 5.41) is 13.6. The number of benzene rings is 2. The summed E-state index contributed by atoms with van der Waals surface area (Å²) in [6.45, 7) is 4.97. The molecule has 0 aliphatic rings. The van der Waals surface area contributed by atoms with E-state index in [1.165, 1.54) is 6.07 Å². The van der Waals surface area contributed by atoms with Crippen LogP contribution in [0.2, 0.25) is 0 Å². The number of carbonyl (C=O) groups excluding carboxylic acids is 2. The first-order chi connectivity index (χ1) is 13.3. The summed E-state index contributed by atoms with van der Waals surface area (Å²) >= 11 is 0. The molecule has 0 radical (unpaired) electrons. The number of carbonyl (C=O) groups is 2. The minimum absolute atomic E-state index is 0.0230. The van der Waals surface area contributed by atoms with Crippen LogP contribution in [0, 0.1) is 30.9 Å². The summed E-state index contributed by atoms with van der Waals surface area (Å²) < 4.78 is 10.4. The van der Waals surface area contributed by atoms with Crippen LogP contribution >= 0.6 is 0 Å². The number of nitrogens with zero attached hydrogens (tertiary/aromatic N) is 1. The van der Waals surface area contributed by atoms with Gasteiger partial charge in [-0.15, -0.1) is 0 Å². The molecule has 2 aromatic rings. The highest BCUT2D eigenvalue weighted by Crippen LogP contribution is 2.30. The predicted molar refractivity (Wildman–Crippen MR) is 103 cm³/mol. The SMILES string of the molecule is Cc1cccc(OCCC(=O)OCC(=O)Nc2c([N+](=O)[O-])ccc(C)c2C)c1. The summed E-state index contributed by atoms with van der Waals surface area (Å²) in [7, 11) is 0. The second-order valence-corrected chi connectivity index (χ2v) is 6.28. The minimum atomic E-state index is -0.648. The standard InChI is InChI=1S/C20H22N2O6/c1-13-5-4-6-16(11-13)27-10-9-19(24)28-12-18(23)21-20-15(3)14(2)7-8-17(20)22(25)26/h4-8,11H,9-10,12H2,1-3H3,(H,21,23). The Bertz CT molecular complexity index is 894. The number of anilines is 1. The highest BCUT2D eigenvalue weighted by Gasteiger charge is 2.20. The fraction of sp³-hybridized carbons (Fsp3) is 0.300. The molecular weight excluding hydrogens is 364 g/mol. The van der Waals surface area contributed by atoms with Crippen LogP contribution in [0.3, 0.4) is 0 Å². The van der Waals surface area contributed by atoms with Crippen LogP contribution in [0.1, 0.15) is 23.1 Å². The van der Waals surface area contributed by atoms with Gasteiger partial charge in [0.25, 0.3) is 11.6 Å². The number of esters is 1. The number of amides is 1. The van der Waals surface area contributed by atoms with Crippen molar-refractivity contribution in [3.8, 4) is 5.75 Å². The van der Waals surface area contributed by atoms with Gasteiger partial charge < -0.3 is 14.8 Å². The molecule has 0 unspecified atom stereocenters. The molecule has 148 valence electrons. The van der Waals surface area contributed by atoms with Crippen LogP contribution in [0.25, 0.3) is 0 Å². The second-order valence-electron chi connectivity index (χ2n) is 6.28. The van der Waals surface area contributed by atoms with E-state index < -0.39 is 23.4 Å². The average molecular weight is 386 g/mol. The molecule has 0 aliphatic carbocycles. The molecule has 2 rings (SSSR count). The van der Waals surface area contributed by atoms with E-state index in [1.807, 2.05) is 25.1 Å². The van der Waals surface area contributed by atoms with Gasteiger partial charge in [0.1, 0.15) is 11.4 Å². The molecule has 28 heavy (non-hydrogen) atoms. The first kappa shape index (κ1) is 20.9. The maximum atomic E-state index is 12.0. The van der Waals surface area contributed by atoms with Crippen LogP contribution in [0.5, 0.6) is 5.75 Å². The van der Waals surface area contributed by atoms with E-state index in [9.17, 15) is 19.7 Å². The second kappa shape index (κ2) is 9.50. The van der Waals surface area contributed by atoms with Gasteiger partial charge in [-0.3, -0.25) is 19.7 Å². The monoisotopic (exact) mass is 386 g/mol. The highest BCUT2D eigenvalue weighted by molar-refractivity contribution is 5.96. The Kier molecular flexibility index (Phi) is 7.08. The number of hydrogen-bond acceptors (Lipinski definition) is 6. The zero-order valence-electron chi connectivity index (χ0n) is 16.0. The van der Waals surface area contributed by atoms with Crippen molar-refractivity contribution in [2.45, 2.75) is 27.2 Å². The van der Waals surface area contributed by atoms with Gasteiger partial charge in [-0.1, -0.05) is 18.2 Å². The topological polar surface area (TPSA) is 108 Å². The molecule has 0 bridgehead atoms. The van der Waals surface area contributed by atoms with Gasteiger partial charge in [-0.05, 0) is 49.6 Å². The van der Waals surface area contributed by atoms with E-state index in [4.69, 9.17) is 9.47 Å². The number of hydrogen-bond donors (Lipinski definition) is 1. The van der Waals surface area contributed by atoms with E-state index >= 15 is 0 Å². The molecule has 0 aliphatic heterocycles. The summed E-state index contributed by atoms with van der Waals surface area (Å²) in [5.41, 5.74) is 2.31. The fourth-order valence-corrected chi connectivity index (χ4v) is 2.46. The molecule has 8 nitrogen and oxygen atoms in total. The molecule has 0 saturated heterocycles. The van der Waals surface area contributed by atoms with Gasteiger partial charge in [0, 0.05) is 6.07 Å². The quantitative estimate of drug-likeness (QED) is 0.423. The van der Waals surface area contributed by atoms with Crippen molar-refractivity contribution in [2.24, 2.45) is 0 Å². The van der Waals surface area contributed by atoms with Crippen molar-refractivity contribution in [1.82, 2.24) is 0 Å². The molecule has 0 spiro atoms. The van der Waals surface area contributed by atoms with Gasteiger partial charge in [0.15, 0.2) is 6.61 Å². The first-order valence-electron chi connectivity index (χ1n) is 8.67. The van der Waals surface area contributed by atoms with Crippen molar-refractivity contribution in [2.75, 3.05) is 18.5 Å². The summed E-state index contributed by atoms with van der Waals surface area (Å²) in [6, 6.07) is 10.3. The maximum Gasteiger partial charge on any atom is 0.309 e. The number of nitro groups is 1. The highest BCUT2D eigenvalue weighted by atomic mass is 16.6. The Hall–Kier alpha value is -3.42. The summed E-state index contributed by atoms with van der Waals surface area (Å²) in [4.78, 5) is 34.4. The summed E-state index contributed by atoms with van der Waals surface area (Å²) in [5.74, 6) is -0.601. The lowest BCUT2D eigenvalue weighted by Gasteiger charge is -2.11. The third-order valence-electron chi connectivity index (χ3n) is 4.10. The Balaban J connectivity index is 1.83. The number of rotatable bonds is 8. The largest absolute Gasteiger partial charge is 0.493 e. The van der Waals surface area contributed by atoms with E-state index in [0.717, 1.165) is 11.1 Å². The number of nitrogens with one attached hydrogen (secondary N) is 1. The molecular formula is C20H22N2O6. The normalized spacial score (nSPS) is 10.2. The summed E-state index contributed by atoms with van der Waals surface area (Å²) in [6.07, 6.45) is -0.0230. The molecule has 0 saturated carbocycles. The third-order valence-corrected chi connectivity index (χ3v) is 4.10. The van der Waals surface area contributed by atoms with Crippen LogP contribution in [-0.2, 0) is 14.3 Å². The maximum absolute atomic E-state index is 12.0. The zero-order chi connectivity index (χ0) is 20.7. The lowest BCUT2D eigenvalue weighted by Crippen LogP contribution is -2.22. The predicted octanol–water partition coefficient (Wildman–Crippen LogP) is 3.47. The van der Waals surface area contributed by atoms with Gasteiger partial charge in [-0.2, -0.15) is 0 Å². The molecule has 0 heterocycles. The van der Waals surface area contributed by atoms with Crippen LogP contribution in [0.4, 0.5) is 11.4 Å². The Morgan fingerprint density at radius 3 is 2.57 bits per heavy atom. The van der Waals surface area contributed by atoms with Crippen molar-refractivity contribution >= 4 is 23.3 Å². The Morgan fingerprint density at radius 2 is 1.89 bits per heavy atom. The zero-order valence-corrected chi connectivity index (χ0v) is 16.0. The van der Waals surface area contributed by atoms with Crippen molar-refractivity contribution in [3.05, 3.63) is 63.2 Å². The van der Waals surface area contributed by atoms with Gasteiger partial charge in [-0.25, -0.2) is 0 Å². The van der Waals surface area contributed by atoms with Crippen LogP contribution in [0.15, 0.2) is 36.4 Å².